The van der Waals surface area contributed by atoms with E-state index in [2.05, 4.69) is 23.1 Å². The van der Waals surface area contributed by atoms with E-state index in [-0.39, 0.29) is 5.92 Å². The first kappa shape index (κ1) is 17.5. The van der Waals surface area contributed by atoms with Crippen LogP contribution in [0.4, 0.5) is 0 Å². The maximum atomic E-state index is 11.0. The normalized spacial score (nSPS) is 31.8. The van der Waals surface area contributed by atoms with Crippen molar-refractivity contribution in [2.75, 3.05) is 32.9 Å². The van der Waals surface area contributed by atoms with Gasteiger partial charge in [-0.1, -0.05) is 6.07 Å². The summed E-state index contributed by atoms with van der Waals surface area (Å²) in [7, 11) is 0. The summed E-state index contributed by atoms with van der Waals surface area (Å²) in [5.41, 5.74) is 3.30. The molecule has 1 saturated carbocycles. The number of likely N-dealkylation sites (tertiary alicyclic amines) is 1. The molecule has 4 aliphatic rings. The van der Waals surface area contributed by atoms with Gasteiger partial charge in [0.25, 0.3) is 0 Å². The predicted octanol–water partition coefficient (Wildman–Crippen LogP) is 2.76. The van der Waals surface area contributed by atoms with Crippen molar-refractivity contribution in [3.63, 3.8) is 0 Å². The number of carboxylic acid groups (broad SMARTS) is 1. The molecule has 1 spiro atoms. The number of nitrogens with zero attached hydrogens (tertiary/aromatic N) is 1. The molecule has 1 aromatic carbocycles. The minimum Gasteiger partial charge on any atom is -0.493 e. The summed E-state index contributed by atoms with van der Waals surface area (Å²) < 4.78 is 11.6. The van der Waals surface area contributed by atoms with Gasteiger partial charge < -0.3 is 14.6 Å². The number of benzene rings is 1. The second kappa shape index (κ2) is 6.78. The molecule has 146 valence electrons. The molecule has 1 atom stereocenters. The van der Waals surface area contributed by atoms with E-state index in [1.165, 1.54) is 17.5 Å². The van der Waals surface area contributed by atoms with E-state index in [0.29, 0.717) is 17.4 Å². The smallest absolute Gasteiger partial charge is 0.306 e. The molecule has 2 aliphatic carbocycles. The quantitative estimate of drug-likeness (QED) is 0.862. The van der Waals surface area contributed by atoms with Gasteiger partial charge in [0.2, 0.25) is 0 Å². The van der Waals surface area contributed by atoms with Crippen LogP contribution in [-0.4, -0.2) is 54.9 Å². The Kier molecular flexibility index (Phi) is 4.40. The Labute approximate surface area is 160 Å². The highest BCUT2D eigenvalue weighted by molar-refractivity contribution is 5.71. The lowest BCUT2D eigenvalue weighted by Gasteiger charge is -2.55. The predicted molar refractivity (Wildman–Crippen MR) is 101 cm³/mol. The molecular formula is C22H29NO4. The van der Waals surface area contributed by atoms with Crippen LogP contribution in [0.2, 0.25) is 0 Å². The molecule has 1 aromatic rings. The van der Waals surface area contributed by atoms with E-state index in [1.54, 1.807) is 0 Å². The molecule has 27 heavy (non-hydrogen) atoms. The lowest BCUT2D eigenvalue weighted by Crippen LogP contribution is -2.63. The molecule has 0 radical (unpaired) electrons. The van der Waals surface area contributed by atoms with E-state index in [1.807, 2.05) is 0 Å². The van der Waals surface area contributed by atoms with Crippen molar-refractivity contribution in [1.29, 1.82) is 0 Å². The number of hydrogen-bond donors (Lipinski definition) is 1. The van der Waals surface area contributed by atoms with Crippen LogP contribution in [0.3, 0.4) is 0 Å². The van der Waals surface area contributed by atoms with Gasteiger partial charge in [-0.25, -0.2) is 0 Å². The minimum atomic E-state index is -0.623. The Bertz CT molecular complexity index is 715. The standard InChI is InChI=1S/C22H29NO4/c24-21(25)17-6-19(7-17)23-13-22(14-23)9-16-3-4-20(8-18(16)10-22)27-12-15-2-1-5-26-11-15/h3-4,8,15,17,19H,1-2,5-7,9-14H2,(H,24,25). The van der Waals surface area contributed by atoms with Crippen LogP contribution in [0, 0.1) is 17.3 Å². The average molecular weight is 371 g/mol. The van der Waals surface area contributed by atoms with Crippen LogP contribution in [0.5, 0.6) is 5.75 Å². The Morgan fingerprint density at radius 2 is 2.07 bits per heavy atom. The maximum Gasteiger partial charge on any atom is 0.306 e. The summed E-state index contributed by atoms with van der Waals surface area (Å²) in [4.78, 5) is 13.5. The van der Waals surface area contributed by atoms with Gasteiger partial charge in [-0.3, -0.25) is 9.69 Å². The van der Waals surface area contributed by atoms with E-state index < -0.39 is 5.97 Å². The van der Waals surface area contributed by atoms with Crippen molar-refractivity contribution in [3.05, 3.63) is 29.3 Å². The topological polar surface area (TPSA) is 59.0 Å². The van der Waals surface area contributed by atoms with Gasteiger partial charge in [-0.2, -0.15) is 0 Å². The zero-order chi connectivity index (χ0) is 18.4. The summed E-state index contributed by atoms with van der Waals surface area (Å²) in [5, 5.41) is 9.06. The van der Waals surface area contributed by atoms with Crippen molar-refractivity contribution >= 4 is 5.97 Å². The Morgan fingerprint density at radius 3 is 2.81 bits per heavy atom. The molecule has 2 saturated heterocycles. The van der Waals surface area contributed by atoms with Gasteiger partial charge in [0.05, 0.1) is 19.1 Å². The third-order valence-electron chi connectivity index (χ3n) is 7.10. The number of carboxylic acids is 1. The Morgan fingerprint density at radius 1 is 1.26 bits per heavy atom. The van der Waals surface area contributed by atoms with Crippen LogP contribution in [0.25, 0.3) is 0 Å². The van der Waals surface area contributed by atoms with Crippen molar-refractivity contribution in [1.82, 2.24) is 4.90 Å². The van der Waals surface area contributed by atoms with E-state index in [0.717, 1.165) is 70.8 Å². The summed E-state index contributed by atoms with van der Waals surface area (Å²) in [6.07, 6.45) is 6.31. The van der Waals surface area contributed by atoms with Crippen LogP contribution in [0.15, 0.2) is 18.2 Å². The van der Waals surface area contributed by atoms with Gasteiger partial charge in [0.1, 0.15) is 5.75 Å². The van der Waals surface area contributed by atoms with Crippen molar-refractivity contribution in [2.45, 2.75) is 44.6 Å². The molecular weight excluding hydrogens is 342 g/mol. The van der Waals surface area contributed by atoms with Crippen LogP contribution in [-0.2, 0) is 22.4 Å². The van der Waals surface area contributed by atoms with Gasteiger partial charge in [0.15, 0.2) is 0 Å². The Hall–Kier alpha value is -1.59. The molecule has 5 rings (SSSR count). The molecule has 2 heterocycles. The number of hydrogen-bond acceptors (Lipinski definition) is 4. The SMILES string of the molecule is O=C(O)C1CC(N2CC3(Cc4ccc(OCC5CCCOC5)cc4C3)C2)C1. The lowest BCUT2D eigenvalue weighted by molar-refractivity contribution is -0.150. The van der Waals surface area contributed by atoms with Crippen molar-refractivity contribution in [2.24, 2.45) is 17.3 Å². The summed E-state index contributed by atoms with van der Waals surface area (Å²) >= 11 is 0. The van der Waals surface area contributed by atoms with E-state index in [4.69, 9.17) is 14.6 Å². The number of fused-ring (bicyclic) bond motifs is 1. The van der Waals surface area contributed by atoms with Gasteiger partial charge in [0, 0.05) is 37.1 Å². The maximum absolute atomic E-state index is 11.0. The fourth-order valence-corrected chi connectivity index (χ4v) is 5.44. The zero-order valence-corrected chi connectivity index (χ0v) is 15.9. The highest BCUT2D eigenvalue weighted by atomic mass is 16.5. The highest BCUT2D eigenvalue weighted by Gasteiger charge is 2.51. The first-order chi connectivity index (χ1) is 13.1. The summed E-state index contributed by atoms with van der Waals surface area (Å²) in [5.74, 6) is 0.787. The van der Waals surface area contributed by atoms with E-state index in [9.17, 15) is 4.79 Å². The average Bonchev–Trinajstić information content (AvgIpc) is 2.97. The molecule has 1 unspecified atom stereocenters. The molecule has 5 nitrogen and oxygen atoms in total. The summed E-state index contributed by atoms with van der Waals surface area (Å²) in [6.45, 7) is 4.72. The van der Waals surface area contributed by atoms with Crippen molar-refractivity contribution < 1.29 is 19.4 Å². The first-order valence-corrected chi connectivity index (χ1v) is 10.4. The fourth-order valence-electron chi connectivity index (χ4n) is 5.44. The number of carbonyl (C=O) groups is 1. The number of ether oxygens (including phenoxy) is 2. The van der Waals surface area contributed by atoms with Gasteiger partial charge in [-0.05, 0) is 61.8 Å². The molecule has 5 heteroatoms. The molecule has 2 aliphatic heterocycles. The molecule has 0 amide bonds. The van der Waals surface area contributed by atoms with Crippen molar-refractivity contribution in [3.8, 4) is 5.75 Å². The van der Waals surface area contributed by atoms with Gasteiger partial charge in [-0.15, -0.1) is 0 Å². The largest absolute Gasteiger partial charge is 0.493 e. The van der Waals surface area contributed by atoms with E-state index >= 15 is 0 Å². The number of rotatable bonds is 5. The fraction of sp³-hybridized carbons (Fsp3) is 0.682. The monoisotopic (exact) mass is 371 g/mol. The summed E-state index contributed by atoms with van der Waals surface area (Å²) in [6, 6.07) is 7.13. The highest BCUT2D eigenvalue weighted by Crippen LogP contribution is 2.48. The molecule has 0 aromatic heterocycles. The molecule has 1 N–H and O–H groups in total. The van der Waals surface area contributed by atoms with Crippen LogP contribution in [0.1, 0.15) is 36.8 Å². The third kappa shape index (κ3) is 3.36. The lowest BCUT2D eigenvalue weighted by atomic mass is 9.71. The van der Waals surface area contributed by atoms with Crippen LogP contribution >= 0.6 is 0 Å². The number of aliphatic carboxylic acids is 1. The van der Waals surface area contributed by atoms with Gasteiger partial charge >= 0.3 is 5.97 Å². The van der Waals surface area contributed by atoms with Crippen LogP contribution < -0.4 is 4.74 Å². The second-order valence-corrected chi connectivity index (χ2v) is 9.24. The second-order valence-electron chi connectivity index (χ2n) is 9.24. The first-order valence-electron chi connectivity index (χ1n) is 10.4. The molecule has 0 bridgehead atoms. The zero-order valence-electron chi connectivity index (χ0n) is 15.9. The third-order valence-corrected chi connectivity index (χ3v) is 7.10. The Balaban J connectivity index is 1.14. The minimum absolute atomic E-state index is 0.110. The molecule has 3 fully saturated rings.